The van der Waals surface area contributed by atoms with E-state index in [-0.39, 0.29) is 0 Å². The van der Waals surface area contributed by atoms with Crippen LogP contribution in [0.15, 0.2) is 11.4 Å². The van der Waals surface area contributed by atoms with Gasteiger partial charge < -0.3 is 0 Å². The van der Waals surface area contributed by atoms with E-state index < -0.39 is 0 Å². The molecule has 0 radical (unpaired) electrons. The van der Waals surface area contributed by atoms with Gasteiger partial charge >= 0.3 is 0 Å². The predicted molar refractivity (Wildman–Crippen MR) is 52.4 cm³/mol. The Morgan fingerprint density at radius 1 is 1.45 bits per heavy atom. The maximum atomic E-state index is 2.31. The molecule has 0 spiro atoms. The van der Waals surface area contributed by atoms with Crippen LogP contribution in [0.3, 0.4) is 0 Å². The number of rotatable bonds is 3. The van der Waals surface area contributed by atoms with E-state index in [0.717, 1.165) is 5.92 Å². The Labute approximate surface area is 73.3 Å². The minimum absolute atomic E-state index is 0.746. The normalized spacial score (nSPS) is 13.4. The quantitative estimate of drug-likeness (QED) is 0.643. The van der Waals surface area contributed by atoms with Gasteiger partial charge in [0.15, 0.2) is 0 Å². The van der Waals surface area contributed by atoms with Crippen LogP contribution in [0.25, 0.3) is 0 Å². The van der Waals surface area contributed by atoms with Gasteiger partial charge in [0.1, 0.15) is 0 Å². The lowest BCUT2D eigenvalue weighted by atomic mass is 9.99. The zero-order valence-corrected chi connectivity index (χ0v) is 8.37. The summed E-state index contributed by atoms with van der Waals surface area (Å²) >= 11 is 1.89. The molecule has 0 N–H and O–H groups in total. The van der Waals surface area contributed by atoms with Crippen molar-refractivity contribution in [3.8, 4) is 0 Å². The van der Waals surface area contributed by atoms with Crippen LogP contribution >= 0.6 is 11.3 Å². The monoisotopic (exact) mass is 168 g/mol. The van der Waals surface area contributed by atoms with Crippen molar-refractivity contribution in [2.45, 2.75) is 39.5 Å². The van der Waals surface area contributed by atoms with E-state index in [4.69, 9.17) is 0 Å². The average molecular weight is 168 g/mol. The molecule has 0 aliphatic heterocycles. The van der Waals surface area contributed by atoms with Crippen molar-refractivity contribution < 1.29 is 0 Å². The van der Waals surface area contributed by atoms with Gasteiger partial charge in [0.05, 0.1) is 0 Å². The van der Waals surface area contributed by atoms with E-state index in [0.29, 0.717) is 0 Å². The van der Waals surface area contributed by atoms with Crippen molar-refractivity contribution in [2.75, 3.05) is 0 Å². The number of hydrogen-bond donors (Lipinski definition) is 0. The Kier molecular flexibility index (Phi) is 3.13. The van der Waals surface area contributed by atoms with Crippen LogP contribution in [0.2, 0.25) is 0 Å². The van der Waals surface area contributed by atoms with Crippen molar-refractivity contribution in [3.05, 3.63) is 21.9 Å². The summed E-state index contributed by atoms with van der Waals surface area (Å²) in [6.07, 6.45) is 2.45. The highest BCUT2D eigenvalue weighted by molar-refractivity contribution is 7.10. The molecule has 0 nitrogen and oxygen atoms in total. The summed E-state index contributed by atoms with van der Waals surface area (Å²) in [5.41, 5.74) is 1.57. The van der Waals surface area contributed by atoms with E-state index in [1.54, 1.807) is 10.4 Å². The molecule has 1 atom stereocenters. The Morgan fingerprint density at radius 2 is 2.18 bits per heavy atom. The third-order valence-electron chi connectivity index (χ3n) is 2.24. The predicted octanol–water partition coefficient (Wildman–Crippen LogP) is 3.82. The molecule has 1 unspecified atom stereocenters. The fourth-order valence-corrected chi connectivity index (χ4v) is 2.25. The second-order valence-electron chi connectivity index (χ2n) is 2.96. The third-order valence-corrected chi connectivity index (χ3v) is 3.33. The first-order chi connectivity index (χ1) is 5.29. The van der Waals surface area contributed by atoms with Crippen molar-refractivity contribution in [1.29, 1.82) is 0 Å². The molecule has 0 aliphatic rings. The Hall–Kier alpha value is -0.300. The van der Waals surface area contributed by atoms with Crippen LogP contribution in [-0.2, 0) is 6.42 Å². The summed E-state index contributed by atoms with van der Waals surface area (Å²) in [5, 5.41) is 2.21. The van der Waals surface area contributed by atoms with Crippen LogP contribution in [0.5, 0.6) is 0 Å². The molecule has 1 rings (SSSR count). The molecule has 0 saturated heterocycles. The van der Waals surface area contributed by atoms with Crippen LogP contribution in [0.4, 0.5) is 0 Å². The highest BCUT2D eigenvalue weighted by atomic mass is 32.1. The van der Waals surface area contributed by atoms with Gasteiger partial charge in [-0.25, -0.2) is 0 Å². The van der Waals surface area contributed by atoms with Gasteiger partial charge in [-0.3, -0.25) is 0 Å². The molecule has 1 heterocycles. The fourth-order valence-electron chi connectivity index (χ4n) is 1.30. The SMILES string of the molecule is CCc1sccc1C(C)CC. The molecule has 1 heteroatoms. The smallest absolute Gasteiger partial charge is 0.00771 e. The molecule has 0 fully saturated rings. The topological polar surface area (TPSA) is 0 Å². The van der Waals surface area contributed by atoms with Gasteiger partial charge in [-0.1, -0.05) is 20.8 Å². The largest absolute Gasteiger partial charge is 0.149 e. The van der Waals surface area contributed by atoms with Crippen LogP contribution in [0, 0.1) is 0 Å². The molecule has 0 aromatic carbocycles. The number of hydrogen-bond acceptors (Lipinski definition) is 1. The Balaban J connectivity index is 2.83. The van der Waals surface area contributed by atoms with Crippen LogP contribution in [-0.4, -0.2) is 0 Å². The lowest BCUT2D eigenvalue weighted by Crippen LogP contribution is -1.91. The van der Waals surface area contributed by atoms with Gasteiger partial charge in [0.25, 0.3) is 0 Å². The standard InChI is InChI=1S/C10H16S/c1-4-8(3)9-6-7-11-10(9)5-2/h6-8H,4-5H2,1-3H3. The summed E-state index contributed by atoms with van der Waals surface area (Å²) < 4.78 is 0. The second kappa shape index (κ2) is 3.91. The first-order valence-corrected chi connectivity index (χ1v) is 5.23. The molecule has 62 valence electrons. The number of aryl methyl sites for hydroxylation is 1. The highest BCUT2D eigenvalue weighted by Crippen LogP contribution is 2.27. The van der Waals surface area contributed by atoms with Gasteiger partial charge in [-0.2, -0.15) is 0 Å². The van der Waals surface area contributed by atoms with E-state index in [2.05, 4.69) is 32.2 Å². The minimum atomic E-state index is 0.746. The van der Waals surface area contributed by atoms with E-state index in [1.807, 2.05) is 11.3 Å². The van der Waals surface area contributed by atoms with Gasteiger partial charge in [-0.15, -0.1) is 11.3 Å². The van der Waals surface area contributed by atoms with Crippen molar-refractivity contribution in [1.82, 2.24) is 0 Å². The Bertz CT molecular complexity index is 212. The lowest BCUT2D eigenvalue weighted by molar-refractivity contribution is 0.729. The lowest BCUT2D eigenvalue weighted by Gasteiger charge is -2.07. The molecular weight excluding hydrogens is 152 g/mol. The first-order valence-electron chi connectivity index (χ1n) is 4.35. The van der Waals surface area contributed by atoms with Gasteiger partial charge in [0, 0.05) is 4.88 Å². The maximum absolute atomic E-state index is 2.31. The second-order valence-corrected chi connectivity index (χ2v) is 3.96. The average Bonchev–Trinajstić information content (AvgIpc) is 2.50. The third kappa shape index (κ3) is 1.84. The van der Waals surface area contributed by atoms with Crippen molar-refractivity contribution in [2.24, 2.45) is 0 Å². The van der Waals surface area contributed by atoms with Crippen molar-refractivity contribution in [3.63, 3.8) is 0 Å². The highest BCUT2D eigenvalue weighted by Gasteiger charge is 2.07. The summed E-state index contributed by atoms with van der Waals surface area (Å²) in [7, 11) is 0. The fraction of sp³-hybridized carbons (Fsp3) is 0.600. The van der Waals surface area contributed by atoms with Crippen molar-refractivity contribution >= 4 is 11.3 Å². The minimum Gasteiger partial charge on any atom is -0.149 e. The number of thiophene rings is 1. The summed E-state index contributed by atoms with van der Waals surface area (Å²) in [6, 6.07) is 2.28. The zero-order chi connectivity index (χ0) is 8.27. The van der Waals surface area contributed by atoms with E-state index >= 15 is 0 Å². The molecule has 0 amide bonds. The van der Waals surface area contributed by atoms with E-state index in [9.17, 15) is 0 Å². The maximum Gasteiger partial charge on any atom is 0.00771 e. The molecule has 0 bridgehead atoms. The van der Waals surface area contributed by atoms with E-state index in [1.165, 1.54) is 12.8 Å². The van der Waals surface area contributed by atoms with Gasteiger partial charge in [0.2, 0.25) is 0 Å². The van der Waals surface area contributed by atoms with Crippen LogP contribution < -0.4 is 0 Å². The molecule has 1 aromatic rings. The summed E-state index contributed by atoms with van der Waals surface area (Å²) in [5.74, 6) is 0.746. The zero-order valence-electron chi connectivity index (χ0n) is 7.55. The summed E-state index contributed by atoms with van der Waals surface area (Å²) in [4.78, 5) is 1.57. The molecule has 0 aliphatic carbocycles. The molecule has 1 aromatic heterocycles. The van der Waals surface area contributed by atoms with Crippen LogP contribution in [0.1, 0.15) is 43.6 Å². The first kappa shape index (κ1) is 8.79. The molecular formula is C10H16S. The van der Waals surface area contributed by atoms with Gasteiger partial charge in [-0.05, 0) is 35.8 Å². The Morgan fingerprint density at radius 3 is 2.73 bits per heavy atom. The summed E-state index contributed by atoms with van der Waals surface area (Å²) in [6.45, 7) is 6.79. The molecule has 0 saturated carbocycles. The molecule has 11 heavy (non-hydrogen) atoms.